The molecule has 0 radical (unpaired) electrons. The molecule has 1 aliphatic heterocycles. The van der Waals surface area contributed by atoms with E-state index in [1.807, 2.05) is 4.90 Å². The lowest BCUT2D eigenvalue weighted by molar-refractivity contribution is -0.123. The van der Waals surface area contributed by atoms with Gasteiger partial charge >= 0.3 is 0 Å². The normalized spacial score (nSPS) is 16.6. The molecule has 0 bridgehead atoms. The zero-order valence-electron chi connectivity index (χ0n) is 10.6. The summed E-state index contributed by atoms with van der Waals surface area (Å²) in [4.78, 5) is 13.6. The molecule has 0 spiro atoms. The number of carbonyl (C=O) groups is 1. The largest absolute Gasteiger partial charge is 0.508 e. The predicted octanol–water partition coefficient (Wildman–Crippen LogP) is 0.175. The molecular formula is C13H17N3O3. The fourth-order valence-electron chi connectivity index (χ4n) is 1.74. The minimum absolute atomic E-state index is 0.142. The number of ether oxygens (including phenoxy) is 1. The number of hydrazone groups is 1. The third kappa shape index (κ3) is 4.69. The standard InChI is InChI=1S/C13H17N3O3/c17-12-3-1-11(2-4-12)9-14-15-13(18)10-16-5-7-19-8-6-16/h1-4,9,17H,5-8,10H2,(H,15,18). The Morgan fingerprint density at radius 3 is 2.74 bits per heavy atom. The average molecular weight is 263 g/mol. The maximum atomic E-state index is 11.6. The minimum Gasteiger partial charge on any atom is -0.508 e. The van der Waals surface area contributed by atoms with E-state index in [1.165, 1.54) is 6.21 Å². The van der Waals surface area contributed by atoms with Gasteiger partial charge in [-0.3, -0.25) is 9.69 Å². The third-order valence-electron chi connectivity index (χ3n) is 2.77. The zero-order valence-corrected chi connectivity index (χ0v) is 10.6. The molecule has 1 aromatic carbocycles. The summed E-state index contributed by atoms with van der Waals surface area (Å²) in [6.45, 7) is 3.22. The van der Waals surface area contributed by atoms with Gasteiger partial charge in [0.1, 0.15) is 5.75 Å². The zero-order chi connectivity index (χ0) is 13.5. The van der Waals surface area contributed by atoms with Crippen molar-refractivity contribution < 1.29 is 14.6 Å². The van der Waals surface area contributed by atoms with E-state index in [0.29, 0.717) is 19.8 Å². The Balaban J connectivity index is 1.74. The minimum atomic E-state index is -0.142. The number of carbonyl (C=O) groups excluding carboxylic acids is 1. The molecule has 1 amide bonds. The van der Waals surface area contributed by atoms with Crippen molar-refractivity contribution in [3.8, 4) is 5.75 Å². The van der Waals surface area contributed by atoms with Crippen molar-refractivity contribution in [1.29, 1.82) is 0 Å². The van der Waals surface area contributed by atoms with E-state index in [0.717, 1.165) is 18.7 Å². The predicted molar refractivity (Wildman–Crippen MR) is 71.1 cm³/mol. The number of nitrogens with zero attached hydrogens (tertiary/aromatic N) is 2. The Morgan fingerprint density at radius 1 is 1.37 bits per heavy atom. The fraction of sp³-hybridized carbons (Fsp3) is 0.385. The molecule has 0 saturated carbocycles. The van der Waals surface area contributed by atoms with Crippen LogP contribution in [0.4, 0.5) is 0 Å². The van der Waals surface area contributed by atoms with Crippen molar-refractivity contribution in [3.05, 3.63) is 29.8 Å². The fourth-order valence-corrected chi connectivity index (χ4v) is 1.74. The monoisotopic (exact) mass is 263 g/mol. The summed E-state index contributed by atoms with van der Waals surface area (Å²) in [5.41, 5.74) is 3.29. The van der Waals surface area contributed by atoms with Gasteiger partial charge in [-0.1, -0.05) is 0 Å². The molecule has 1 fully saturated rings. The lowest BCUT2D eigenvalue weighted by Gasteiger charge is -2.25. The van der Waals surface area contributed by atoms with Crippen LogP contribution in [0.2, 0.25) is 0 Å². The van der Waals surface area contributed by atoms with Crippen LogP contribution in [0.5, 0.6) is 5.75 Å². The van der Waals surface area contributed by atoms with Crippen molar-refractivity contribution in [2.75, 3.05) is 32.8 Å². The third-order valence-corrected chi connectivity index (χ3v) is 2.77. The molecule has 2 N–H and O–H groups in total. The van der Waals surface area contributed by atoms with Gasteiger partial charge in [0.25, 0.3) is 5.91 Å². The number of rotatable bonds is 4. The molecular weight excluding hydrogens is 246 g/mol. The smallest absolute Gasteiger partial charge is 0.254 e. The highest BCUT2D eigenvalue weighted by Gasteiger charge is 2.13. The highest BCUT2D eigenvalue weighted by Crippen LogP contribution is 2.07. The maximum Gasteiger partial charge on any atom is 0.254 e. The number of hydrogen-bond donors (Lipinski definition) is 2. The van der Waals surface area contributed by atoms with Crippen molar-refractivity contribution in [2.24, 2.45) is 5.10 Å². The van der Waals surface area contributed by atoms with Gasteiger partial charge in [0, 0.05) is 13.1 Å². The van der Waals surface area contributed by atoms with E-state index in [4.69, 9.17) is 9.84 Å². The van der Waals surface area contributed by atoms with Gasteiger partial charge in [0.15, 0.2) is 0 Å². The van der Waals surface area contributed by atoms with Gasteiger partial charge in [-0.25, -0.2) is 5.43 Å². The second-order valence-corrected chi connectivity index (χ2v) is 4.27. The van der Waals surface area contributed by atoms with Crippen LogP contribution >= 0.6 is 0 Å². The van der Waals surface area contributed by atoms with Crippen LogP contribution in [-0.4, -0.2) is 55.0 Å². The Hall–Kier alpha value is -1.92. The quantitative estimate of drug-likeness (QED) is 0.600. The SMILES string of the molecule is O=C(CN1CCOCC1)NN=Cc1ccc(O)cc1. The number of phenols is 1. The van der Waals surface area contributed by atoms with Gasteiger partial charge in [0.2, 0.25) is 0 Å². The van der Waals surface area contributed by atoms with Crippen LogP contribution in [-0.2, 0) is 9.53 Å². The van der Waals surface area contributed by atoms with E-state index in [9.17, 15) is 4.79 Å². The van der Waals surface area contributed by atoms with Gasteiger partial charge in [-0.2, -0.15) is 5.10 Å². The second kappa shape index (κ2) is 6.86. The summed E-state index contributed by atoms with van der Waals surface area (Å²) in [7, 11) is 0. The number of benzene rings is 1. The Kier molecular flexibility index (Phi) is 4.88. The van der Waals surface area contributed by atoms with Crippen molar-refractivity contribution >= 4 is 12.1 Å². The molecule has 0 unspecified atom stereocenters. The molecule has 6 heteroatoms. The van der Waals surface area contributed by atoms with E-state index in [-0.39, 0.29) is 11.7 Å². The summed E-state index contributed by atoms with van der Waals surface area (Å²) in [5, 5.41) is 13.0. The first-order valence-electron chi connectivity index (χ1n) is 6.15. The van der Waals surface area contributed by atoms with Crippen LogP contribution in [0.15, 0.2) is 29.4 Å². The van der Waals surface area contributed by atoms with Gasteiger partial charge < -0.3 is 9.84 Å². The molecule has 19 heavy (non-hydrogen) atoms. The first-order chi connectivity index (χ1) is 9.24. The van der Waals surface area contributed by atoms with Crippen LogP contribution in [0.1, 0.15) is 5.56 Å². The van der Waals surface area contributed by atoms with Gasteiger partial charge in [0.05, 0.1) is 26.0 Å². The van der Waals surface area contributed by atoms with Crippen LogP contribution in [0, 0.1) is 0 Å². The number of aromatic hydroxyl groups is 1. The summed E-state index contributed by atoms with van der Waals surface area (Å²) < 4.78 is 5.21. The topological polar surface area (TPSA) is 74.2 Å². The lowest BCUT2D eigenvalue weighted by atomic mass is 10.2. The first kappa shape index (κ1) is 13.5. The molecule has 0 aromatic heterocycles. The first-order valence-corrected chi connectivity index (χ1v) is 6.15. The second-order valence-electron chi connectivity index (χ2n) is 4.27. The molecule has 102 valence electrons. The van der Waals surface area contributed by atoms with Crippen molar-refractivity contribution in [1.82, 2.24) is 10.3 Å². The number of phenolic OH excluding ortho intramolecular Hbond substituents is 1. The van der Waals surface area contributed by atoms with Crippen LogP contribution in [0.3, 0.4) is 0 Å². The molecule has 1 aromatic rings. The molecule has 1 heterocycles. The average Bonchev–Trinajstić information content (AvgIpc) is 2.42. The van der Waals surface area contributed by atoms with E-state index >= 15 is 0 Å². The van der Waals surface area contributed by atoms with Crippen molar-refractivity contribution in [2.45, 2.75) is 0 Å². The Bertz CT molecular complexity index is 439. The Morgan fingerprint density at radius 2 is 2.05 bits per heavy atom. The molecule has 6 nitrogen and oxygen atoms in total. The molecule has 2 rings (SSSR count). The lowest BCUT2D eigenvalue weighted by Crippen LogP contribution is -2.42. The van der Waals surface area contributed by atoms with Crippen LogP contribution in [0.25, 0.3) is 0 Å². The number of amides is 1. The highest BCUT2D eigenvalue weighted by molar-refractivity contribution is 5.83. The summed E-state index contributed by atoms with van der Waals surface area (Å²) in [6.07, 6.45) is 1.54. The van der Waals surface area contributed by atoms with Crippen LogP contribution < -0.4 is 5.43 Å². The number of morpholine rings is 1. The summed E-state index contributed by atoms with van der Waals surface area (Å²) in [6, 6.07) is 6.56. The van der Waals surface area contributed by atoms with E-state index in [2.05, 4.69) is 10.5 Å². The number of nitrogens with one attached hydrogen (secondary N) is 1. The highest BCUT2D eigenvalue weighted by atomic mass is 16.5. The Labute approximate surface area is 111 Å². The van der Waals surface area contributed by atoms with Crippen molar-refractivity contribution in [3.63, 3.8) is 0 Å². The molecule has 0 atom stereocenters. The molecule has 1 saturated heterocycles. The summed E-state index contributed by atoms with van der Waals surface area (Å²) in [5.74, 6) is 0.0606. The molecule has 1 aliphatic rings. The number of hydrogen-bond acceptors (Lipinski definition) is 5. The van der Waals surface area contributed by atoms with E-state index in [1.54, 1.807) is 24.3 Å². The van der Waals surface area contributed by atoms with Gasteiger partial charge in [-0.05, 0) is 29.8 Å². The summed E-state index contributed by atoms with van der Waals surface area (Å²) >= 11 is 0. The van der Waals surface area contributed by atoms with Gasteiger partial charge in [-0.15, -0.1) is 0 Å². The maximum absolute atomic E-state index is 11.6. The van der Waals surface area contributed by atoms with E-state index < -0.39 is 0 Å². The molecule has 0 aliphatic carbocycles.